The average molecular weight is 537 g/mol. The van der Waals surface area contributed by atoms with E-state index in [1.54, 1.807) is 11.0 Å². The van der Waals surface area contributed by atoms with Crippen LogP contribution < -0.4 is 5.73 Å². The number of carbonyl (C=O) groups is 2. The first-order chi connectivity index (χ1) is 19.1. The maximum Gasteiger partial charge on any atom is 0.253 e. The number of carbonyl (C=O) groups excluding carboxylic acids is 2. The van der Waals surface area contributed by atoms with Crippen molar-refractivity contribution in [3.8, 4) is 11.1 Å². The molecular formula is C32H32N4O4. The number of rotatable bonds is 5. The van der Waals surface area contributed by atoms with Crippen molar-refractivity contribution in [2.45, 2.75) is 45.8 Å². The van der Waals surface area contributed by atoms with Crippen molar-refractivity contribution in [1.82, 2.24) is 14.6 Å². The molecule has 0 bridgehead atoms. The Kier molecular flexibility index (Phi) is 6.22. The molecular weight excluding hydrogens is 504 g/mol. The molecule has 3 aromatic carbocycles. The lowest BCUT2D eigenvalue weighted by Gasteiger charge is -2.35. The molecule has 3 heterocycles. The van der Waals surface area contributed by atoms with Crippen LogP contribution in [0.1, 0.15) is 57.5 Å². The second-order valence-electron chi connectivity index (χ2n) is 11.1. The third-order valence-corrected chi connectivity index (χ3v) is 8.11. The van der Waals surface area contributed by atoms with Gasteiger partial charge in [0.05, 0.1) is 16.8 Å². The molecule has 1 aliphatic heterocycles. The van der Waals surface area contributed by atoms with Gasteiger partial charge in [-0.25, -0.2) is 0 Å². The number of primary amides is 1. The van der Waals surface area contributed by atoms with Crippen LogP contribution in [0.15, 0.2) is 65.2 Å². The number of likely N-dealkylation sites (tertiary alicyclic amines) is 1. The summed E-state index contributed by atoms with van der Waals surface area (Å²) in [6.45, 7) is 7.08. The van der Waals surface area contributed by atoms with Crippen molar-refractivity contribution in [1.29, 1.82) is 0 Å². The number of amides is 2. The fourth-order valence-electron chi connectivity index (χ4n) is 5.90. The summed E-state index contributed by atoms with van der Waals surface area (Å²) in [7, 11) is 0. The van der Waals surface area contributed by atoms with Crippen molar-refractivity contribution in [2.24, 2.45) is 5.73 Å². The van der Waals surface area contributed by atoms with E-state index in [1.807, 2.05) is 63.2 Å². The van der Waals surface area contributed by atoms with Crippen LogP contribution in [0.4, 0.5) is 0 Å². The normalized spacial score (nSPS) is 15.2. The number of fused-ring (bicyclic) bond motifs is 3. The highest BCUT2D eigenvalue weighted by Gasteiger charge is 2.30. The predicted octanol–water partition coefficient (Wildman–Crippen LogP) is 5.20. The number of hydrogen-bond acceptors (Lipinski definition) is 5. The zero-order valence-electron chi connectivity index (χ0n) is 22.9. The highest BCUT2D eigenvalue weighted by Crippen LogP contribution is 2.38. The maximum absolute atomic E-state index is 13.5. The van der Waals surface area contributed by atoms with E-state index in [1.165, 1.54) is 0 Å². The summed E-state index contributed by atoms with van der Waals surface area (Å²) >= 11 is 0. The Morgan fingerprint density at radius 3 is 2.40 bits per heavy atom. The van der Waals surface area contributed by atoms with Crippen LogP contribution in [0, 0.1) is 13.8 Å². The number of benzene rings is 3. The minimum atomic E-state index is -0.749. The molecule has 6 rings (SSSR count). The second kappa shape index (κ2) is 9.64. The van der Waals surface area contributed by atoms with Crippen LogP contribution in [0.2, 0.25) is 0 Å². The van der Waals surface area contributed by atoms with Gasteiger partial charge >= 0.3 is 0 Å². The summed E-state index contributed by atoms with van der Waals surface area (Å²) < 4.78 is 7.60. The lowest BCUT2D eigenvalue weighted by molar-refractivity contribution is -0.00203. The number of nitrogens with two attached hydrogens (primary N) is 1. The fourth-order valence-corrected chi connectivity index (χ4v) is 5.90. The van der Waals surface area contributed by atoms with Crippen molar-refractivity contribution >= 4 is 33.6 Å². The Labute approximate surface area is 232 Å². The third-order valence-electron chi connectivity index (χ3n) is 8.11. The van der Waals surface area contributed by atoms with E-state index in [2.05, 4.69) is 21.9 Å². The molecule has 0 saturated carbocycles. The molecule has 0 spiro atoms. The summed E-state index contributed by atoms with van der Waals surface area (Å²) in [5.74, 6) is 0.0214. The number of piperidine rings is 1. The fraction of sp³-hybridized carbons (Fsp3) is 0.281. The second-order valence-corrected chi connectivity index (χ2v) is 11.1. The van der Waals surface area contributed by atoms with Gasteiger partial charge in [0.1, 0.15) is 5.76 Å². The predicted molar refractivity (Wildman–Crippen MR) is 154 cm³/mol. The van der Waals surface area contributed by atoms with Gasteiger partial charge in [-0.1, -0.05) is 35.5 Å². The van der Waals surface area contributed by atoms with E-state index < -0.39 is 11.5 Å². The lowest BCUT2D eigenvalue weighted by Crippen LogP contribution is -2.45. The molecule has 8 heteroatoms. The van der Waals surface area contributed by atoms with Gasteiger partial charge in [-0.05, 0) is 75.1 Å². The Morgan fingerprint density at radius 2 is 1.75 bits per heavy atom. The molecule has 0 atom stereocenters. The zero-order valence-corrected chi connectivity index (χ0v) is 22.9. The summed E-state index contributed by atoms with van der Waals surface area (Å²) in [5, 5.41) is 16.0. The molecule has 2 aromatic heterocycles. The molecule has 5 aromatic rings. The van der Waals surface area contributed by atoms with Gasteiger partial charge in [0.25, 0.3) is 5.91 Å². The van der Waals surface area contributed by atoms with Gasteiger partial charge in [0.2, 0.25) is 5.91 Å². The first kappa shape index (κ1) is 25.8. The SMILES string of the molecule is Cc1noc(C)c1-c1cc(C(N)=O)c2c3cc(C(=O)N4CCC(C)(O)CC4)ccc3n(Cc3ccccc3)c2c1. The number of aliphatic hydroxyl groups is 1. The van der Waals surface area contributed by atoms with Gasteiger partial charge in [-0.15, -0.1) is 0 Å². The quantitative estimate of drug-likeness (QED) is 0.320. The van der Waals surface area contributed by atoms with Gasteiger partial charge in [-0.3, -0.25) is 9.59 Å². The summed E-state index contributed by atoms with van der Waals surface area (Å²) in [5.41, 5.74) is 11.3. The molecule has 1 saturated heterocycles. The number of aromatic nitrogens is 2. The number of nitrogens with zero attached hydrogens (tertiary/aromatic N) is 3. The lowest BCUT2D eigenvalue weighted by atomic mass is 9.93. The van der Waals surface area contributed by atoms with Crippen LogP contribution >= 0.6 is 0 Å². The first-order valence-corrected chi connectivity index (χ1v) is 13.5. The zero-order chi connectivity index (χ0) is 28.2. The Bertz CT molecular complexity index is 1750. The van der Waals surface area contributed by atoms with Crippen molar-refractivity contribution < 1.29 is 19.2 Å². The Balaban J connectivity index is 1.58. The summed E-state index contributed by atoms with van der Waals surface area (Å²) in [4.78, 5) is 28.2. The summed E-state index contributed by atoms with van der Waals surface area (Å²) in [6.07, 6.45) is 1.07. The Hall–Kier alpha value is -4.43. The molecule has 8 nitrogen and oxygen atoms in total. The molecule has 40 heavy (non-hydrogen) atoms. The number of aryl methyl sites for hydroxylation is 2. The van der Waals surface area contributed by atoms with Crippen molar-refractivity contribution in [3.05, 3.63) is 88.8 Å². The standard InChI is InChI=1S/C32H32N4O4/c1-19-28(20(2)40-34-19)23-16-25(30(33)37)29-24-15-22(31(38)35-13-11-32(3,39)12-14-35)9-10-26(24)36(27(29)17-23)18-21-7-5-4-6-8-21/h4-10,15-17,39H,11-14,18H2,1-3H3,(H2,33,37). The van der Waals surface area contributed by atoms with E-state index in [0.29, 0.717) is 54.7 Å². The molecule has 0 aliphatic carbocycles. The minimum absolute atomic E-state index is 0.0886. The summed E-state index contributed by atoms with van der Waals surface area (Å²) in [6, 6.07) is 19.6. The average Bonchev–Trinajstić information content (AvgIpc) is 3.43. The molecule has 2 amide bonds. The van der Waals surface area contributed by atoms with Crippen LogP contribution in [0.3, 0.4) is 0 Å². The third kappa shape index (κ3) is 4.44. The smallest absolute Gasteiger partial charge is 0.253 e. The van der Waals surface area contributed by atoms with E-state index >= 15 is 0 Å². The van der Waals surface area contributed by atoms with Crippen LogP contribution in [-0.4, -0.2) is 50.2 Å². The largest absolute Gasteiger partial charge is 0.390 e. The van der Waals surface area contributed by atoms with Gasteiger partial charge in [0.15, 0.2) is 0 Å². The molecule has 0 radical (unpaired) electrons. The monoisotopic (exact) mass is 536 g/mol. The van der Waals surface area contributed by atoms with E-state index in [4.69, 9.17) is 10.3 Å². The molecule has 3 N–H and O–H groups in total. The highest BCUT2D eigenvalue weighted by molar-refractivity contribution is 6.20. The van der Waals surface area contributed by atoms with Gasteiger partial charge in [-0.2, -0.15) is 0 Å². The highest BCUT2D eigenvalue weighted by atomic mass is 16.5. The van der Waals surface area contributed by atoms with Crippen LogP contribution in [0.25, 0.3) is 32.9 Å². The van der Waals surface area contributed by atoms with Gasteiger partial charge in [0, 0.05) is 52.6 Å². The van der Waals surface area contributed by atoms with Gasteiger partial charge < -0.3 is 24.8 Å². The molecule has 204 valence electrons. The van der Waals surface area contributed by atoms with E-state index in [9.17, 15) is 14.7 Å². The van der Waals surface area contributed by atoms with Crippen molar-refractivity contribution in [2.75, 3.05) is 13.1 Å². The molecule has 1 aliphatic rings. The first-order valence-electron chi connectivity index (χ1n) is 13.5. The molecule has 0 unspecified atom stereocenters. The Morgan fingerprint density at radius 1 is 1.02 bits per heavy atom. The van der Waals surface area contributed by atoms with E-state index in [0.717, 1.165) is 38.8 Å². The van der Waals surface area contributed by atoms with Crippen LogP contribution in [-0.2, 0) is 6.54 Å². The minimum Gasteiger partial charge on any atom is -0.390 e. The topological polar surface area (TPSA) is 115 Å². The van der Waals surface area contributed by atoms with E-state index in [-0.39, 0.29) is 5.91 Å². The molecule has 1 fully saturated rings. The van der Waals surface area contributed by atoms with Crippen molar-refractivity contribution in [3.63, 3.8) is 0 Å². The number of hydrogen-bond donors (Lipinski definition) is 2. The maximum atomic E-state index is 13.5. The van der Waals surface area contributed by atoms with Crippen LogP contribution in [0.5, 0.6) is 0 Å².